The van der Waals surface area contributed by atoms with Crippen LogP contribution in [0, 0.1) is 5.82 Å². The van der Waals surface area contributed by atoms with Gasteiger partial charge in [-0.25, -0.2) is 9.07 Å². The van der Waals surface area contributed by atoms with Crippen molar-refractivity contribution in [1.82, 2.24) is 19.9 Å². The van der Waals surface area contributed by atoms with E-state index in [0.717, 1.165) is 21.1 Å². The molecule has 0 spiro atoms. The lowest BCUT2D eigenvalue weighted by Crippen LogP contribution is -2.25. The fourth-order valence-corrected chi connectivity index (χ4v) is 2.87. The normalized spacial score (nSPS) is 13.0. The van der Waals surface area contributed by atoms with E-state index in [1.165, 1.54) is 6.07 Å². The molecule has 114 valence electrons. The molecule has 0 saturated heterocycles. The Morgan fingerprint density at radius 2 is 2.05 bits per heavy atom. The van der Waals surface area contributed by atoms with Crippen LogP contribution in [0.1, 0.15) is 11.6 Å². The molecule has 4 nitrogen and oxygen atoms in total. The van der Waals surface area contributed by atoms with Crippen molar-refractivity contribution in [2.45, 2.75) is 12.6 Å². The van der Waals surface area contributed by atoms with Gasteiger partial charge in [0, 0.05) is 4.47 Å². The van der Waals surface area contributed by atoms with Crippen LogP contribution >= 0.6 is 15.9 Å². The van der Waals surface area contributed by atoms with Crippen LogP contribution in [0.15, 0.2) is 46.9 Å². The van der Waals surface area contributed by atoms with Gasteiger partial charge in [-0.05, 0) is 50.0 Å². The number of rotatable bonds is 4. The van der Waals surface area contributed by atoms with E-state index in [0.29, 0.717) is 6.54 Å². The molecule has 0 aliphatic carbocycles. The summed E-state index contributed by atoms with van der Waals surface area (Å²) in [6.07, 6.45) is 0. The van der Waals surface area contributed by atoms with Crippen molar-refractivity contribution in [3.8, 4) is 0 Å². The topological polar surface area (TPSA) is 34.0 Å². The number of hydrogen-bond donors (Lipinski definition) is 0. The molecule has 3 aromatic rings. The Morgan fingerprint density at radius 1 is 1.23 bits per heavy atom. The standard InChI is InChI=1S/C16H16BrFN4/c1-21(2)16(11-4-3-5-13(18)8-11)10-22-15-9-12(17)6-7-14(15)19-20-22/h3-9,16H,10H2,1-2H3. The zero-order valence-corrected chi connectivity index (χ0v) is 14.0. The summed E-state index contributed by atoms with van der Waals surface area (Å²) >= 11 is 3.47. The predicted molar refractivity (Wildman–Crippen MR) is 88.1 cm³/mol. The summed E-state index contributed by atoms with van der Waals surface area (Å²) in [5.74, 6) is -0.226. The van der Waals surface area contributed by atoms with Crippen LogP contribution in [0.5, 0.6) is 0 Å². The van der Waals surface area contributed by atoms with Gasteiger partial charge in [0.1, 0.15) is 11.3 Å². The molecular weight excluding hydrogens is 347 g/mol. The molecule has 0 aliphatic rings. The average molecular weight is 363 g/mol. The van der Waals surface area contributed by atoms with Gasteiger partial charge < -0.3 is 4.90 Å². The van der Waals surface area contributed by atoms with Crippen LogP contribution in [-0.4, -0.2) is 34.0 Å². The molecule has 1 aromatic heterocycles. The Morgan fingerprint density at radius 3 is 2.77 bits per heavy atom. The molecule has 0 radical (unpaired) electrons. The van der Waals surface area contributed by atoms with Crippen molar-refractivity contribution >= 4 is 27.0 Å². The fourth-order valence-electron chi connectivity index (χ4n) is 2.52. The molecule has 1 heterocycles. The van der Waals surface area contributed by atoms with E-state index < -0.39 is 0 Å². The smallest absolute Gasteiger partial charge is 0.123 e. The Bertz CT molecular complexity index is 800. The zero-order chi connectivity index (χ0) is 15.7. The predicted octanol–water partition coefficient (Wildman–Crippen LogP) is 3.64. The lowest BCUT2D eigenvalue weighted by Gasteiger charge is -2.24. The first-order chi connectivity index (χ1) is 10.5. The van der Waals surface area contributed by atoms with Crippen LogP contribution < -0.4 is 0 Å². The van der Waals surface area contributed by atoms with E-state index in [1.54, 1.807) is 12.1 Å². The maximum absolute atomic E-state index is 13.5. The molecule has 3 rings (SSSR count). The Hall–Kier alpha value is -1.79. The molecule has 6 heteroatoms. The maximum atomic E-state index is 13.5. The van der Waals surface area contributed by atoms with Gasteiger partial charge in [0.2, 0.25) is 0 Å². The van der Waals surface area contributed by atoms with Crippen LogP contribution in [0.3, 0.4) is 0 Å². The average Bonchev–Trinajstić information content (AvgIpc) is 2.86. The van der Waals surface area contributed by atoms with Crippen molar-refractivity contribution in [2.75, 3.05) is 14.1 Å². The Kier molecular flexibility index (Phi) is 4.22. The van der Waals surface area contributed by atoms with E-state index in [-0.39, 0.29) is 11.9 Å². The fraction of sp³-hybridized carbons (Fsp3) is 0.250. The largest absolute Gasteiger partial charge is 0.301 e. The van der Waals surface area contributed by atoms with Crippen molar-refractivity contribution in [3.05, 3.63) is 58.3 Å². The molecule has 2 aromatic carbocycles. The molecule has 0 bridgehead atoms. The van der Waals surface area contributed by atoms with Crippen molar-refractivity contribution in [1.29, 1.82) is 0 Å². The number of hydrogen-bond acceptors (Lipinski definition) is 3. The molecular formula is C16H16BrFN4. The highest BCUT2D eigenvalue weighted by molar-refractivity contribution is 9.10. The lowest BCUT2D eigenvalue weighted by molar-refractivity contribution is 0.261. The van der Waals surface area contributed by atoms with E-state index >= 15 is 0 Å². The van der Waals surface area contributed by atoms with Gasteiger partial charge in [-0.2, -0.15) is 0 Å². The SMILES string of the molecule is CN(C)C(Cn1nnc2ccc(Br)cc21)c1cccc(F)c1. The molecule has 22 heavy (non-hydrogen) atoms. The van der Waals surface area contributed by atoms with Gasteiger partial charge in [-0.1, -0.05) is 33.3 Å². The molecule has 0 amide bonds. The minimum absolute atomic E-state index is 0.0135. The molecule has 0 aliphatic heterocycles. The highest BCUT2D eigenvalue weighted by atomic mass is 79.9. The van der Waals surface area contributed by atoms with Gasteiger partial charge in [0.05, 0.1) is 18.1 Å². The minimum Gasteiger partial charge on any atom is -0.301 e. The van der Waals surface area contributed by atoms with Crippen molar-refractivity contribution < 1.29 is 4.39 Å². The number of likely N-dealkylation sites (N-methyl/N-ethyl adjacent to an activating group) is 1. The van der Waals surface area contributed by atoms with Gasteiger partial charge in [-0.3, -0.25) is 0 Å². The third-order valence-corrected chi connectivity index (χ3v) is 4.17. The van der Waals surface area contributed by atoms with E-state index in [4.69, 9.17) is 0 Å². The van der Waals surface area contributed by atoms with Gasteiger partial charge in [-0.15, -0.1) is 5.10 Å². The summed E-state index contributed by atoms with van der Waals surface area (Å²) in [5, 5.41) is 8.41. The molecule has 1 unspecified atom stereocenters. The second kappa shape index (κ2) is 6.14. The summed E-state index contributed by atoms with van der Waals surface area (Å²) < 4.78 is 16.4. The third kappa shape index (κ3) is 3.03. The molecule has 1 atom stereocenters. The van der Waals surface area contributed by atoms with Crippen LogP contribution in [0.4, 0.5) is 4.39 Å². The van der Waals surface area contributed by atoms with Crippen LogP contribution in [0.2, 0.25) is 0 Å². The van der Waals surface area contributed by atoms with E-state index in [2.05, 4.69) is 31.1 Å². The zero-order valence-electron chi connectivity index (χ0n) is 12.4. The number of nitrogens with zero attached hydrogens (tertiary/aromatic N) is 4. The number of halogens is 2. The number of benzene rings is 2. The summed E-state index contributed by atoms with van der Waals surface area (Å²) in [5.41, 5.74) is 2.72. The first-order valence-electron chi connectivity index (χ1n) is 6.95. The number of fused-ring (bicyclic) bond motifs is 1. The monoisotopic (exact) mass is 362 g/mol. The number of aromatic nitrogens is 3. The highest BCUT2D eigenvalue weighted by Crippen LogP contribution is 2.24. The maximum Gasteiger partial charge on any atom is 0.123 e. The van der Waals surface area contributed by atoms with Gasteiger partial charge in [0.15, 0.2) is 0 Å². The first-order valence-corrected chi connectivity index (χ1v) is 7.74. The van der Waals surface area contributed by atoms with Gasteiger partial charge in [0.25, 0.3) is 0 Å². The molecule has 0 N–H and O–H groups in total. The van der Waals surface area contributed by atoms with E-state index in [1.807, 2.05) is 43.0 Å². The van der Waals surface area contributed by atoms with Crippen LogP contribution in [0.25, 0.3) is 11.0 Å². The Labute approximate surface area is 136 Å². The first kappa shape index (κ1) is 15.1. The minimum atomic E-state index is -0.226. The second-order valence-electron chi connectivity index (χ2n) is 5.44. The lowest BCUT2D eigenvalue weighted by atomic mass is 10.1. The summed E-state index contributed by atoms with van der Waals surface area (Å²) in [6, 6.07) is 12.6. The molecule has 0 saturated carbocycles. The van der Waals surface area contributed by atoms with Gasteiger partial charge >= 0.3 is 0 Å². The van der Waals surface area contributed by atoms with Crippen molar-refractivity contribution in [2.24, 2.45) is 0 Å². The van der Waals surface area contributed by atoms with E-state index in [9.17, 15) is 4.39 Å². The summed E-state index contributed by atoms with van der Waals surface area (Å²) in [7, 11) is 3.95. The molecule has 0 fully saturated rings. The third-order valence-electron chi connectivity index (χ3n) is 3.68. The quantitative estimate of drug-likeness (QED) is 0.710. The van der Waals surface area contributed by atoms with Crippen LogP contribution in [-0.2, 0) is 6.54 Å². The van der Waals surface area contributed by atoms with Crippen molar-refractivity contribution in [3.63, 3.8) is 0 Å². The Balaban J connectivity index is 1.98. The summed E-state index contributed by atoms with van der Waals surface area (Å²) in [6.45, 7) is 0.601. The second-order valence-corrected chi connectivity index (χ2v) is 6.35. The summed E-state index contributed by atoms with van der Waals surface area (Å²) in [4.78, 5) is 2.06. The highest BCUT2D eigenvalue weighted by Gasteiger charge is 2.17.